The Kier molecular flexibility index (Phi) is 3.72. The first-order chi connectivity index (χ1) is 8.75. The summed E-state index contributed by atoms with van der Waals surface area (Å²) in [5.74, 6) is 0.666. The second-order valence-electron chi connectivity index (χ2n) is 4.55. The van der Waals surface area contributed by atoms with Gasteiger partial charge in [-0.25, -0.2) is 9.97 Å². The van der Waals surface area contributed by atoms with Gasteiger partial charge in [-0.1, -0.05) is 11.6 Å². The van der Waals surface area contributed by atoms with Crippen LogP contribution in [0.25, 0.3) is 11.0 Å². The van der Waals surface area contributed by atoms with Crippen LogP contribution in [0.2, 0.25) is 5.15 Å². The van der Waals surface area contributed by atoms with Crippen LogP contribution in [0.3, 0.4) is 0 Å². The van der Waals surface area contributed by atoms with Crippen LogP contribution in [0.5, 0.6) is 0 Å². The first kappa shape index (κ1) is 12.6. The highest BCUT2D eigenvalue weighted by molar-refractivity contribution is 14.1. The molecule has 0 N–H and O–H groups in total. The van der Waals surface area contributed by atoms with Crippen LogP contribution in [-0.4, -0.2) is 27.7 Å². The van der Waals surface area contributed by atoms with Crippen molar-refractivity contribution in [2.24, 2.45) is 5.92 Å². The van der Waals surface area contributed by atoms with Crippen molar-refractivity contribution in [3.05, 3.63) is 21.2 Å². The number of aromatic nitrogens is 3. The molecule has 0 unspecified atom stereocenters. The first-order valence-electron chi connectivity index (χ1n) is 5.98. The van der Waals surface area contributed by atoms with E-state index in [1.807, 2.05) is 0 Å². The molecule has 6 heteroatoms. The van der Waals surface area contributed by atoms with Crippen LogP contribution in [0.15, 0.2) is 12.5 Å². The van der Waals surface area contributed by atoms with Gasteiger partial charge in [0, 0.05) is 29.5 Å². The van der Waals surface area contributed by atoms with Crippen molar-refractivity contribution in [3.63, 3.8) is 0 Å². The van der Waals surface area contributed by atoms with E-state index >= 15 is 0 Å². The molecule has 1 aliphatic heterocycles. The summed E-state index contributed by atoms with van der Waals surface area (Å²) in [6, 6.07) is 0. The Morgan fingerprint density at radius 1 is 1.39 bits per heavy atom. The lowest BCUT2D eigenvalue weighted by Gasteiger charge is -2.22. The molecule has 0 bridgehead atoms. The molecule has 2 aromatic rings. The predicted octanol–water partition coefficient (Wildman–Crippen LogP) is 3.12. The summed E-state index contributed by atoms with van der Waals surface area (Å²) >= 11 is 8.42. The maximum absolute atomic E-state index is 6.13. The lowest BCUT2D eigenvalue weighted by molar-refractivity contribution is 0.0616. The second kappa shape index (κ2) is 5.30. The molecule has 4 nitrogen and oxygen atoms in total. The minimum atomic E-state index is 0.537. The maximum Gasteiger partial charge on any atom is 0.145 e. The van der Waals surface area contributed by atoms with Crippen molar-refractivity contribution >= 4 is 45.2 Å². The molecule has 0 aliphatic carbocycles. The average molecular weight is 378 g/mol. The monoisotopic (exact) mass is 377 g/mol. The highest BCUT2D eigenvalue weighted by Gasteiger charge is 2.18. The van der Waals surface area contributed by atoms with Crippen molar-refractivity contribution in [3.8, 4) is 0 Å². The molecule has 0 atom stereocenters. The molecular weight excluding hydrogens is 365 g/mol. The van der Waals surface area contributed by atoms with Crippen molar-refractivity contribution < 1.29 is 4.74 Å². The van der Waals surface area contributed by atoms with Crippen LogP contribution in [0.4, 0.5) is 0 Å². The topological polar surface area (TPSA) is 39.9 Å². The van der Waals surface area contributed by atoms with Gasteiger partial charge in [0.05, 0.1) is 5.39 Å². The Labute approximate surface area is 124 Å². The fraction of sp³-hybridized carbons (Fsp3) is 0.500. The van der Waals surface area contributed by atoms with Gasteiger partial charge < -0.3 is 9.30 Å². The molecule has 0 saturated carbocycles. The third-order valence-corrected chi connectivity index (χ3v) is 4.46. The smallest absolute Gasteiger partial charge is 0.145 e. The lowest BCUT2D eigenvalue weighted by atomic mass is 10.0. The molecule has 18 heavy (non-hydrogen) atoms. The Bertz CT molecular complexity index is 566. The van der Waals surface area contributed by atoms with Crippen molar-refractivity contribution in [2.75, 3.05) is 13.2 Å². The summed E-state index contributed by atoms with van der Waals surface area (Å²) in [4.78, 5) is 8.40. The van der Waals surface area contributed by atoms with Crippen molar-refractivity contribution in [1.82, 2.24) is 14.5 Å². The van der Waals surface area contributed by atoms with E-state index < -0.39 is 0 Å². The van der Waals surface area contributed by atoms with Gasteiger partial charge in [-0.3, -0.25) is 0 Å². The molecule has 1 fully saturated rings. The van der Waals surface area contributed by atoms with E-state index in [-0.39, 0.29) is 0 Å². The van der Waals surface area contributed by atoms with Gasteiger partial charge in [0.2, 0.25) is 0 Å². The summed E-state index contributed by atoms with van der Waals surface area (Å²) in [6.45, 7) is 2.73. The third kappa shape index (κ3) is 2.35. The van der Waals surface area contributed by atoms with Crippen LogP contribution < -0.4 is 0 Å². The molecule has 96 valence electrons. The first-order valence-corrected chi connectivity index (χ1v) is 7.44. The van der Waals surface area contributed by atoms with Crippen molar-refractivity contribution in [2.45, 2.75) is 19.4 Å². The van der Waals surface area contributed by atoms with Crippen LogP contribution >= 0.6 is 34.2 Å². The third-order valence-electron chi connectivity index (χ3n) is 3.36. The number of nitrogens with zero attached hydrogens (tertiary/aromatic N) is 3. The summed E-state index contributed by atoms with van der Waals surface area (Å²) in [7, 11) is 0. The van der Waals surface area contributed by atoms with Crippen molar-refractivity contribution in [1.29, 1.82) is 0 Å². The summed E-state index contributed by atoms with van der Waals surface area (Å²) in [6.07, 6.45) is 5.88. The molecular formula is C12H13ClIN3O. The molecule has 1 aliphatic rings. The van der Waals surface area contributed by atoms with E-state index in [2.05, 4.69) is 43.3 Å². The molecule has 0 amide bonds. The molecule has 0 spiro atoms. The minimum absolute atomic E-state index is 0.537. The molecule has 2 aromatic heterocycles. The normalized spacial score (nSPS) is 17.4. The molecule has 3 rings (SSSR count). The van der Waals surface area contributed by atoms with Gasteiger partial charge in [0.15, 0.2) is 0 Å². The zero-order chi connectivity index (χ0) is 12.5. The fourth-order valence-corrected chi connectivity index (χ4v) is 3.61. The van der Waals surface area contributed by atoms with E-state index in [1.165, 1.54) is 6.33 Å². The Morgan fingerprint density at radius 2 is 2.17 bits per heavy atom. The SMILES string of the molecule is Clc1ncnc2c1c(I)cn2CC1CCOCC1. The standard InChI is InChI=1S/C12H13ClIN3O/c13-11-10-9(14)6-17(12(10)16-7-15-11)5-8-1-3-18-4-2-8/h6-8H,1-5H2. The minimum Gasteiger partial charge on any atom is -0.381 e. The quantitative estimate of drug-likeness (QED) is 0.596. The zero-order valence-corrected chi connectivity index (χ0v) is 12.7. The highest BCUT2D eigenvalue weighted by Crippen LogP contribution is 2.28. The van der Waals surface area contributed by atoms with Gasteiger partial charge in [0.25, 0.3) is 0 Å². The largest absolute Gasteiger partial charge is 0.381 e. The van der Waals surface area contributed by atoms with Crippen LogP contribution in [0.1, 0.15) is 12.8 Å². The fourth-order valence-electron chi connectivity index (χ4n) is 2.39. The predicted molar refractivity (Wildman–Crippen MR) is 78.8 cm³/mol. The van der Waals surface area contributed by atoms with E-state index in [0.717, 1.165) is 47.2 Å². The summed E-state index contributed by atoms with van der Waals surface area (Å²) in [5.41, 5.74) is 0.936. The summed E-state index contributed by atoms with van der Waals surface area (Å²) < 4.78 is 8.70. The maximum atomic E-state index is 6.13. The molecule has 0 aromatic carbocycles. The average Bonchev–Trinajstić information content (AvgIpc) is 2.69. The number of hydrogen-bond donors (Lipinski definition) is 0. The lowest BCUT2D eigenvalue weighted by Crippen LogP contribution is -2.20. The highest BCUT2D eigenvalue weighted by atomic mass is 127. The van der Waals surface area contributed by atoms with E-state index in [4.69, 9.17) is 16.3 Å². The summed E-state index contributed by atoms with van der Waals surface area (Å²) in [5, 5.41) is 1.50. The Balaban J connectivity index is 1.94. The Morgan fingerprint density at radius 3 is 2.94 bits per heavy atom. The van der Waals surface area contributed by atoms with E-state index in [0.29, 0.717) is 11.1 Å². The number of ether oxygens (including phenoxy) is 1. The van der Waals surface area contributed by atoms with E-state index in [1.54, 1.807) is 0 Å². The number of hydrogen-bond acceptors (Lipinski definition) is 3. The van der Waals surface area contributed by atoms with Gasteiger partial charge in [0.1, 0.15) is 17.1 Å². The van der Waals surface area contributed by atoms with Crippen LogP contribution in [-0.2, 0) is 11.3 Å². The van der Waals surface area contributed by atoms with Crippen LogP contribution in [0, 0.1) is 9.49 Å². The molecule has 1 saturated heterocycles. The molecule has 0 radical (unpaired) electrons. The zero-order valence-electron chi connectivity index (χ0n) is 9.77. The molecule has 3 heterocycles. The van der Waals surface area contributed by atoms with Gasteiger partial charge in [-0.05, 0) is 41.4 Å². The van der Waals surface area contributed by atoms with Gasteiger partial charge in [-0.2, -0.15) is 0 Å². The number of rotatable bonds is 2. The van der Waals surface area contributed by atoms with E-state index in [9.17, 15) is 0 Å². The second-order valence-corrected chi connectivity index (χ2v) is 6.07. The number of fused-ring (bicyclic) bond motifs is 1. The number of halogens is 2. The van der Waals surface area contributed by atoms with Gasteiger partial charge in [-0.15, -0.1) is 0 Å². The van der Waals surface area contributed by atoms with Gasteiger partial charge >= 0.3 is 0 Å². The Hall–Kier alpha value is -0.400.